The van der Waals surface area contributed by atoms with Crippen molar-refractivity contribution in [2.75, 3.05) is 30.5 Å². The van der Waals surface area contributed by atoms with Gasteiger partial charge in [-0.1, -0.05) is 37.4 Å². The average molecular weight is 435 g/mol. The Labute approximate surface area is 183 Å². The highest BCUT2D eigenvalue weighted by atomic mass is 35.5. The van der Waals surface area contributed by atoms with Crippen LogP contribution in [0.5, 0.6) is 5.75 Å². The van der Waals surface area contributed by atoms with E-state index in [2.05, 4.69) is 17.2 Å². The monoisotopic (exact) mass is 434 g/mol. The van der Waals surface area contributed by atoms with Crippen LogP contribution >= 0.6 is 11.6 Å². The van der Waals surface area contributed by atoms with E-state index in [1.165, 1.54) is 0 Å². The number of hydrogen-bond acceptors (Lipinski definition) is 7. The van der Waals surface area contributed by atoms with Gasteiger partial charge in [-0.15, -0.1) is 0 Å². The van der Waals surface area contributed by atoms with Crippen LogP contribution in [0.15, 0.2) is 24.4 Å². The maximum atomic E-state index is 10.7. The maximum Gasteiger partial charge on any atom is 0.227 e. The Hall–Kier alpha value is -2.09. The minimum absolute atomic E-state index is 0.0362. The molecule has 0 amide bonds. The highest BCUT2D eigenvalue weighted by Gasteiger charge is 2.27. The third-order valence-electron chi connectivity index (χ3n) is 5.52. The summed E-state index contributed by atoms with van der Waals surface area (Å²) in [7, 11) is 1.59. The lowest BCUT2D eigenvalue weighted by atomic mass is 10.1. The number of nitrogens with one attached hydrogen (secondary N) is 1. The van der Waals surface area contributed by atoms with Crippen LogP contribution in [0.1, 0.15) is 56.3 Å². The number of halogens is 1. The normalized spacial score (nSPS) is 17.2. The summed E-state index contributed by atoms with van der Waals surface area (Å²) >= 11 is 6.24. The van der Waals surface area contributed by atoms with Gasteiger partial charge in [0.1, 0.15) is 11.6 Å². The number of methoxy groups -OCH3 is 1. The number of anilines is 2. The van der Waals surface area contributed by atoms with E-state index in [0.29, 0.717) is 41.1 Å². The zero-order valence-electron chi connectivity index (χ0n) is 17.6. The summed E-state index contributed by atoms with van der Waals surface area (Å²) in [6.07, 6.45) is 5.60. The van der Waals surface area contributed by atoms with Crippen molar-refractivity contribution in [3.63, 3.8) is 0 Å². The molecule has 2 atom stereocenters. The van der Waals surface area contributed by atoms with E-state index in [0.717, 1.165) is 37.8 Å². The second-order valence-electron chi connectivity index (χ2n) is 7.63. The zero-order chi connectivity index (χ0) is 21.5. The number of aliphatic hydroxyl groups is 2. The van der Waals surface area contributed by atoms with E-state index in [9.17, 15) is 10.2 Å². The fourth-order valence-electron chi connectivity index (χ4n) is 3.75. The number of hydrogen-bond donors (Lipinski definition) is 3. The first kappa shape index (κ1) is 22.6. The van der Waals surface area contributed by atoms with Crippen molar-refractivity contribution in [1.29, 1.82) is 0 Å². The van der Waals surface area contributed by atoms with E-state index < -0.39 is 6.10 Å². The van der Waals surface area contributed by atoms with Crippen LogP contribution in [0.3, 0.4) is 0 Å². The van der Waals surface area contributed by atoms with E-state index in [1.807, 2.05) is 23.1 Å². The summed E-state index contributed by atoms with van der Waals surface area (Å²) in [4.78, 5) is 11.3. The second kappa shape index (κ2) is 10.8. The Morgan fingerprint density at radius 1 is 1.40 bits per heavy atom. The molecule has 2 aromatic rings. The molecule has 2 unspecified atom stereocenters. The largest absolute Gasteiger partial charge is 0.495 e. The first-order chi connectivity index (χ1) is 14.6. The third-order valence-corrected chi connectivity index (χ3v) is 5.81. The number of benzene rings is 1. The van der Waals surface area contributed by atoms with E-state index in [-0.39, 0.29) is 12.6 Å². The van der Waals surface area contributed by atoms with Gasteiger partial charge in [-0.2, -0.15) is 4.98 Å². The number of aliphatic hydroxyl groups excluding tert-OH is 2. The predicted octanol–water partition coefficient (Wildman–Crippen LogP) is 3.94. The molecule has 0 radical (unpaired) electrons. The molecule has 3 rings (SSSR count). The molecular weight excluding hydrogens is 404 g/mol. The number of unbranched alkanes of at least 4 members (excludes halogenated alkanes) is 1. The van der Waals surface area contributed by atoms with Gasteiger partial charge < -0.3 is 25.2 Å². The first-order valence-electron chi connectivity index (χ1n) is 10.6. The van der Waals surface area contributed by atoms with Gasteiger partial charge in [-0.05, 0) is 37.0 Å². The average Bonchev–Trinajstić information content (AvgIpc) is 3.25. The van der Waals surface area contributed by atoms with Gasteiger partial charge in [0, 0.05) is 24.8 Å². The van der Waals surface area contributed by atoms with Crippen molar-refractivity contribution in [2.45, 2.75) is 57.7 Å². The van der Waals surface area contributed by atoms with Crippen LogP contribution in [0.4, 0.5) is 11.8 Å². The molecule has 2 heterocycles. The van der Waals surface area contributed by atoms with Gasteiger partial charge in [0.05, 0.1) is 30.9 Å². The Balaban J connectivity index is 1.84. The molecule has 0 saturated carbocycles. The van der Waals surface area contributed by atoms with E-state index in [4.69, 9.17) is 21.3 Å². The lowest BCUT2D eigenvalue weighted by Gasteiger charge is -2.24. The van der Waals surface area contributed by atoms with Gasteiger partial charge in [-0.3, -0.25) is 0 Å². The minimum Gasteiger partial charge on any atom is -0.495 e. The van der Waals surface area contributed by atoms with Crippen LogP contribution in [0.25, 0.3) is 0 Å². The summed E-state index contributed by atoms with van der Waals surface area (Å²) in [5.41, 5.74) is 1.66. The molecule has 1 fully saturated rings. The van der Waals surface area contributed by atoms with Crippen LogP contribution in [0.2, 0.25) is 5.02 Å². The zero-order valence-corrected chi connectivity index (χ0v) is 18.4. The van der Waals surface area contributed by atoms with Gasteiger partial charge in [-0.25, -0.2) is 4.98 Å². The van der Waals surface area contributed by atoms with Crippen LogP contribution in [0, 0.1) is 0 Å². The Bertz CT molecular complexity index is 836. The number of rotatable bonds is 10. The molecule has 164 valence electrons. The molecule has 0 aliphatic carbocycles. The van der Waals surface area contributed by atoms with Crippen molar-refractivity contribution in [1.82, 2.24) is 9.97 Å². The molecule has 1 saturated heterocycles. The molecule has 1 aromatic heterocycles. The fraction of sp³-hybridized carbons (Fsp3) is 0.545. The smallest absolute Gasteiger partial charge is 0.227 e. The maximum absolute atomic E-state index is 10.7. The lowest BCUT2D eigenvalue weighted by Crippen LogP contribution is -2.33. The molecule has 8 heteroatoms. The molecule has 3 N–H and O–H groups in total. The van der Waals surface area contributed by atoms with Crippen LogP contribution in [-0.2, 0) is 6.54 Å². The highest BCUT2D eigenvalue weighted by Crippen LogP contribution is 2.30. The standard InChI is InChI=1S/C22H31ClN4O3/c1-3-4-7-19(29)17-13-25-22(27-10-5-6-16(27)14-28)26-21(17)24-12-15-8-9-20(30-2)18(23)11-15/h8-9,11,13,16,19,28-29H,3-7,10,12,14H2,1-2H3,(H,24,25,26). The lowest BCUT2D eigenvalue weighted by molar-refractivity contribution is 0.164. The topological polar surface area (TPSA) is 90.7 Å². The molecular formula is C22H31ClN4O3. The molecule has 1 aliphatic heterocycles. The second-order valence-corrected chi connectivity index (χ2v) is 8.03. The number of aromatic nitrogens is 2. The summed E-state index contributed by atoms with van der Waals surface area (Å²) < 4.78 is 5.21. The first-order valence-corrected chi connectivity index (χ1v) is 10.9. The number of nitrogens with zero attached hydrogens (tertiary/aromatic N) is 3. The molecule has 1 aromatic carbocycles. The summed E-state index contributed by atoms with van der Waals surface area (Å²) in [5.74, 6) is 1.82. The molecule has 0 spiro atoms. The van der Waals surface area contributed by atoms with Crippen molar-refractivity contribution in [3.05, 3.63) is 40.5 Å². The summed E-state index contributed by atoms with van der Waals surface area (Å²) in [6.45, 7) is 3.49. The Kier molecular flexibility index (Phi) is 8.13. The van der Waals surface area contributed by atoms with Crippen molar-refractivity contribution in [3.8, 4) is 5.75 Å². The van der Waals surface area contributed by atoms with E-state index >= 15 is 0 Å². The third kappa shape index (κ3) is 5.33. The van der Waals surface area contributed by atoms with Crippen LogP contribution in [-0.4, -0.2) is 46.5 Å². The summed E-state index contributed by atoms with van der Waals surface area (Å²) in [5, 5.41) is 24.2. The minimum atomic E-state index is -0.631. The van der Waals surface area contributed by atoms with Gasteiger partial charge in [0.15, 0.2) is 0 Å². The molecule has 7 nitrogen and oxygen atoms in total. The molecule has 0 bridgehead atoms. The predicted molar refractivity (Wildman–Crippen MR) is 119 cm³/mol. The number of ether oxygens (including phenoxy) is 1. The van der Waals surface area contributed by atoms with Gasteiger partial charge >= 0.3 is 0 Å². The quantitative estimate of drug-likeness (QED) is 0.521. The molecule has 30 heavy (non-hydrogen) atoms. The fourth-order valence-corrected chi connectivity index (χ4v) is 4.03. The Morgan fingerprint density at radius 2 is 2.23 bits per heavy atom. The summed E-state index contributed by atoms with van der Waals surface area (Å²) in [6, 6.07) is 5.66. The van der Waals surface area contributed by atoms with E-state index in [1.54, 1.807) is 13.3 Å². The van der Waals surface area contributed by atoms with Crippen molar-refractivity contribution < 1.29 is 14.9 Å². The Morgan fingerprint density at radius 3 is 2.93 bits per heavy atom. The van der Waals surface area contributed by atoms with Gasteiger partial charge in [0.25, 0.3) is 0 Å². The SMILES string of the molecule is CCCCC(O)c1cnc(N2CCCC2CO)nc1NCc1ccc(OC)c(Cl)c1. The molecule has 1 aliphatic rings. The van der Waals surface area contributed by atoms with Gasteiger partial charge in [0.2, 0.25) is 5.95 Å². The highest BCUT2D eigenvalue weighted by molar-refractivity contribution is 6.32. The van der Waals surface area contributed by atoms with Crippen molar-refractivity contribution in [2.24, 2.45) is 0 Å². The van der Waals surface area contributed by atoms with Crippen LogP contribution < -0.4 is 15.0 Å². The van der Waals surface area contributed by atoms with Crippen molar-refractivity contribution >= 4 is 23.4 Å².